The number of hydrogen-bond acceptors (Lipinski definition) is 4. The number of likely N-dealkylation sites (N-methyl/N-ethyl adjacent to an activating group) is 1. The third-order valence-corrected chi connectivity index (χ3v) is 3.88. The molecule has 1 aliphatic heterocycles. The monoisotopic (exact) mass is 277 g/mol. The van der Waals surface area contributed by atoms with Gasteiger partial charge in [-0.25, -0.2) is 0 Å². The van der Waals surface area contributed by atoms with Crippen LogP contribution < -0.4 is 15.8 Å². The Kier molecular flexibility index (Phi) is 5.12. The molecule has 1 fully saturated rings. The largest absolute Gasteiger partial charge is 0.489 e. The standard InChI is InChI=1S/C16H27N3O/c1-12(2)20-15-9-6-8-14(16(15)17)18-11-13-7-4-5-10-19(13)3/h6,8-9,12-13,18H,4-5,7,10-11,17H2,1-3H3. The summed E-state index contributed by atoms with van der Waals surface area (Å²) in [5.74, 6) is 0.766. The first-order chi connectivity index (χ1) is 9.58. The van der Waals surface area contributed by atoms with Gasteiger partial charge in [0.2, 0.25) is 0 Å². The van der Waals surface area contributed by atoms with Gasteiger partial charge in [-0.15, -0.1) is 0 Å². The molecule has 0 aromatic heterocycles. The summed E-state index contributed by atoms with van der Waals surface area (Å²) in [6.45, 7) is 6.15. The average molecular weight is 277 g/mol. The molecule has 112 valence electrons. The highest BCUT2D eigenvalue weighted by Crippen LogP contribution is 2.30. The van der Waals surface area contributed by atoms with E-state index in [2.05, 4.69) is 17.3 Å². The number of nitrogens with two attached hydrogens (primary N) is 1. The molecule has 3 N–H and O–H groups in total. The Labute approximate surface area is 122 Å². The number of nitrogens with zero attached hydrogens (tertiary/aromatic N) is 1. The Morgan fingerprint density at radius 1 is 1.40 bits per heavy atom. The minimum atomic E-state index is 0.136. The number of ether oxygens (including phenoxy) is 1. The first-order valence-electron chi connectivity index (χ1n) is 7.57. The molecule has 0 aliphatic carbocycles. The molecule has 0 radical (unpaired) electrons. The smallest absolute Gasteiger partial charge is 0.144 e. The summed E-state index contributed by atoms with van der Waals surface area (Å²) < 4.78 is 5.72. The van der Waals surface area contributed by atoms with Gasteiger partial charge in [0, 0.05) is 12.6 Å². The van der Waals surface area contributed by atoms with Crippen molar-refractivity contribution in [1.29, 1.82) is 0 Å². The van der Waals surface area contributed by atoms with Crippen LogP contribution >= 0.6 is 0 Å². The Balaban J connectivity index is 1.98. The molecule has 1 saturated heterocycles. The van der Waals surface area contributed by atoms with Gasteiger partial charge in [0.05, 0.1) is 17.5 Å². The summed E-state index contributed by atoms with van der Waals surface area (Å²) in [5, 5.41) is 3.48. The van der Waals surface area contributed by atoms with Crippen molar-refractivity contribution in [3.8, 4) is 5.75 Å². The van der Waals surface area contributed by atoms with Gasteiger partial charge in [-0.2, -0.15) is 0 Å². The molecule has 4 heteroatoms. The maximum absolute atomic E-state index is 6.18. The van der Waals surface area contributed by atoms with Crippen LogP contribution in [0.15, 0.2) is 18.2 Å². The van der Waals surface area contributed by atoms with E-state index in [4.69, 9.17) is 10.5 Å². The second kappa shape index (κ2) is 6.84. The zero-order valence-corrected chi connectivity index (χ0v) is 12.9. The zero-order valence-electron chi connectivity index (χ0n) is 12.9. The Morgan fingerprint density at radius 3 is 2.90 bits per heavy atom. The minimum absolute atomic E-state index is 0.136. The fourth-order valence-corrected chi connectivity index (χ4v) is 2.68. The molecule has 1 aliphatic rings. The molecule has 1 unspecified atom stereocenters. The van der Waals surface area contributed by atoms with Crippen molar-refractivity contribution < 1.29 is 4.74 Å². The van der Waals surface area contributed by atoms with Crippen molar-refractivity contribution in [2.75, 3.05) is 31.2 Å². The van der Waals surface area contributed by atoms with E-state index in [1.165, 1.54) is 25.8 Å². The van der Waals surface area contributed by atoms with Crippen molar-refractivity contribution in [2.24, 2.45) is 0 Å². The minimum Gasteiger partial charge on any atom is -0.489 e. The molecule has 20 heavy (non-hydrogen) atoms. The van der Waals surface area contributed by atoms with E-state index in [-0.39, 0.29) is 6.10 Å². The molecule has 1 aromatic carbocycles. The zero-order chi connectivity index (χ0) is 14.5. The number of likely N-dealkylation sites (tertiary alicyclic amines) is 1. The van der Waals surface area contributed by atoms with Crippen LogP contribution in [-0.2, 0) is 0 Å². The number of para-hydroxylation sites is 1. The lowest BCUT2D eigenvalue weighted by atomic mass is 10.0. The lowest BCUT2D eigenvalue weighted by Crippen LogP contribution is -2.40. The molecule has 4 nitrogen and oxygen atoms in total. The summed E-state index contributed by atoms with van der Waals surface area (Å²) >= 11 is 0. The molecular formula is C16H27N3O. The van der Waals surface area contributed by atoms with E-state index < -0.39 is 0 Å². The highest BCUT2D eigenvalue weighted by atomic mass is 16.5. The first-order valence-corrected chi connectivity index (χ1v) is 7.57. The number of nitrogens with one attached hydrogen (secondary N) is 1. The summed E-state index contributed by atoms with van der Waals surface area (Å²) in [5.41, 5.74) is 7.86. The van der Waals surface area contributed by atoms with E-state index in [1.807, 2.05) is 32.0 Å². The normalized spacial score (nSPS) is 20.1. The Morgan fingerprint density at radius 2 is 2.20 bits per heavy atom. The predicted molar refractivity (Wildman–Crippen MR) is 85.4 cm³/mol. The second-order valence-electron chi connectivity index (χ2n) is 5.90. The summed E-state index contributed by atoms with van der Waals surface area (Å²) in [7, 11) is 2.20. The van der Waals surface area contributed by atoms with Crippen molar-refractivity contribution in [3.63, 3.8) is 0 Å². The molecule has 1 aromatic rings. The van der Waals surface area contributed by atoms with Crippen molar-refractivity contribution in [1.82, 2.24) is 4.90 Å². The van der Waals surface area contributed by atoms with Crippen molar-refractivity contribution in [3.05, 3.63) is 18.2 Å². The van der Waals surface area contributed by atoms with Crippen LogP contribution in [-0.4, -0.2) is 37.2 Å². The Hall–Kier alpha value is -1.42. The third kappa shape index (κ3) is 3.79. The Bertz CT molecular complexity index is 434. The lowest BCUT2D eigenvalue weighted by Gasteiger charge is -2.33. The van der Waals surface area contributed by atoms with Crippen LogP contribution in [0.5, 0.6) is 5.75 Å². The number of anilines is 2. The van der Waals surface area contributed by atoms with Crippen LogP contribution in [0.3, 0.4) is 0 Å². The van der Waals surface area contributed by atoms with Crippen LogP contribution in [0.2, 0.25) is 0 Å². The highest BCUT2D eigenvalue weighted by molar-refractivity contribution is 5.73. The fourth-order valence-electron chi connectivity index (χ4n) is 2.68. The van der Waals surface area contributed by atoms with Crippen molar-refractivity contribution >= 4 is 11.4 Å². The van der Waals surface area contributed by atoms with E-state index in [0.29, 0.717) is 11.7 Å². The van der Waals surface area contributed by atoms with Crippen LogP contribution in [0.4, 0.5) is 11.4 Å². The molecular weight excluding hydrogens is 250 g/mol. The van der Waals surface area contributed by atoms with Gasteiger partial charge >= 0.3 is 0 Å². The molecule has 1 atom stereocenters. The quantitative estimate of drug-likeness (QED) is 0.813. The van der Waals surface area contributed by atoms with Crippen LogP contribution in [0, 0.1) is 0 Å². The van der Waals surface area contributed by atoms with Crippen LogP contribution in [0.1, 0.15) is 33.1 Å². The first kappa shape index (κ1) is 15.0. The number of rotatable bonds is 5. The van der Waals surface area contributed by atoms with E-state index in [1.54, 1.807) is 0 Å². The van der Waals surface area contributed by atoms with Crippen molar-refractivity contribution in [2.45, 2.75) is 45.3 Å². The maximum atomic E-state index is 6.18. The number of piperidine rings is 1. The van der Waals surface area contributed by atoms with Crippen LogP contribution in [0.25, 0.3) is 0 Å². The SMILES string of the molecule is CC(C)Oc1cccc(NCC2CCCCN2C)c1N. The molecule has 0 amide bonds. The van der Waals surface area contributed by atoms with Gasteiger partial charge in [-0.05, 0) is 52.4 Å². The van der Waals surface area contributed by atoms with E-state index >= 15 is 0 Å². The van der Waals surface area contributed by atoms with E-state index in [9.17, 15) is 0 Å². The number of benzene rings is 1. The van der Waals surface area contributed by atoms with Gasteiger partial charge in [0.15, 0.2) is 0 Å². The molecule has 1 heterocycles. The third-order valence-electron chi connectivity index (χ3n) is 3.88. The average Bonchev–Trinajstić information content (AvgIpc) is 2.41. The number of nitrogen functional groups attached to an aromatic ring is 1. The topological polar surface area (TPSA) is 50.5 Å². The number of hydrogen-bond donors (Lipinski definition) is 2. The second-order valence-corrected chi connectivity index (χ2v) is 5.90. The molecule has 0 saturated carbocycles. The predicted octanol–water partition coefficient (Wildman–Crippen LogP) is 2.95. The van der Waals surface area contributed by atoms with Gasteiger partial charge in [0.1, 0.15) is 5.75 Å². The fraction of sp³-hybridized carbons (Fsp3) is 0.625. The van der Waals surface area contributed by atoms with Gasteiger partial charge < -0.3 is 20.7 Å². The summed E-state index contributed by atoms with van der Waals surface area (Å²) in [4.78, 5) is 2.43. The molecule has 0 bridgehead atoms. The maximum Gasteiger partial charge on any atom is 0.144 e. The lowest BCUT2D eigenvalue weighted by molar-refractivity contribution is 0.194. The van der Waals surface area contributed by atoms with Gasteiger partial charge in [0.25, 0.3) is 0 Å². The molecule has 2 rings (SSSR count). The summed E-state index contributed by atoms with van der Waals surface area (Å²) in [6.07, 6.45) is 4.03. The van der Waals surface area contributed by atoms with E-state index in [0.717, 1.165) is 18.0 Å². The van der Waals surface area contributed by atoms with Gasteiger partial charge in [-0.3, -0.25) is 0 Å². The summed E-state index contributed by atoms with van der Waals surface area (Å²) in [6, 6.07) is 6.53. The highest BCUT2D eigenvalue weighted by Gasteiger charge is 2.18. The molecule has 0 spiro atoms. The van der Waals surface area contributed by atoms with Gasteiger partial charge in [-0.1, -0.05) is 12.5 Å².